The lowest BCUT2D eigenvalue weighted by Gasteiger charge is -2.21. The smallest absolute Gasteiger partial charge is 0.224 e. The highest BCUT2D eigenvalue weighted by molar-refractivity contribution is 5.78. The van der Waals surface area contributed by atoms with Gasteiger partial charge in [-0.15, -0.1) is 0 Å². The van der Waals surface area contributed by atoms with E-state index in [1.165, 1.54) is 5.56 Å². The maximum atomic E-state index is 11.9. The molecule has 0 spiro atoms. The molecule has 2 aromatic rings. The van der Waals surface area contributed by atoms with E-state index in [-0.39, 0.29) is 5.91 Å². The molecule has 112 valence electrons. The molecule has 0 aliphatic heterocycles. The largest absolute Gasteiger partial charge is 0.472 e. The summed E-state index contributed by atoms with van der Waals surface area (Å²) in [5, 5.41) is 3.04. The molecule has 1 aromatic heterocycles. The minimum atomic E-state index is 0.0510. The zero-order valence-corrected chi connectivity index (χ0v) is 12.7. The van der Waals surface area contributed by atoms with Gasteiger partial charge in [-0.1, -0.05) is 44.2 Å². The molecule has 0 saturated carbocycles. The van der Waals surface area contributed by atoms with Crippen molar-refractivity contribution in [3.05, 3.63) is 60.1 Å². The summed E-state index contributed by atoms with van der Waals surface area (Å²) in [7, 11) is 0. The van der Waals surface area contributed by atoms with E-state index in [1.807, 2.05) is 12.1 Å². The number of hydrogen-bond acceptors (Lipinski definition) is 2. The fourth-order valence-corrected chi connectivity index (χ4v) is 2.35. The summed E-state index contributed by atoms with van der Waals surface area (Å²) in [6.07, 6.45) is 4.58. The molecule has 1 amide bonds. The molecule has 0 aliphatic carbocycles. The van der Waals surface area contributed by atoms with Crippen LogP contribution in [0.25, 0.3) is 0 Å². The van der Waals surface area contributed by atoms with Crippen LogP contribution in [-0.2, 0) is 17.6 Å². The van der Waals surface area contributed by atoms with E-state index >= 15 is 0 Å². The zero-order chi connectivity index (χ0) is 15.1. The molecule has 1 N–H and O–H groups in total. The molecule has 0 fully saturated rings. The van der Waals surface area contributed by atoms with Crippen molar-refractivity contribution in [2.24, 2.45) is 11.8 Å². The molecular weight excluding hydrogens is 262 g/mol. The van der Waals surface area contributed by atoms with Crippen LogP contribution in [-0.4, -0.2) is 12.5 Å². The second-order valence-corrected chi connectivity index (χ2v) is 5.81. The van der Waals surface area contributed by atoms with Crippen molar-refractivity contribution in [2.45, 2.75) is 26.7 Å². The average molecular weight is 285 g/mol. The first-order chi connectivity index (χ1) is 10.1. The summed E-state index contributed by atoms with van der Waals surface area (Å²) in [6.45, 7) is 5.12. The first kappa shape index (κ1) is 15.4. The van der Waals surface area contributed by atoms with Crippen LogP contribution in [0.1, 0.15) is 25.0 Å². The topological polar surface area (TPSA) is 42.2 Å². The second-order valence-electron chi connectivity index (χ2n) is 5.81. The Labute approximate surface area is 126 Å². The van der Waals surface area contributed by atoms with E-state index < -0.39 is 0 Å². The van der Waals surface area contributed by atoms with Gasteiger partial charge in [0.05, 0.1) is 18.9 Å². The third-order valence-corrected chi connectivity index (χ3v) is 3.79. The van der Waals surface area contributed by atoms with Gasteiger partial charge in [-0.3, -0.25) is 4.79 Å². The normalized spacial score (nSPS) is 12.3. The molecule has 0 bridgehead atoms. The van der Waals surface area contributed by atoms with Gasteiger partial charge in [-0.25, -0.2) is 0 Å². The maximum Gasteiger partial charge on any atom is 0.224 e. The molecule has 1 atom stereocenters. The highest BCUT2D eigenvalue weighted by Gasteiger charge is 2.15. The molecular formula is C18H23NO2. The van der Waals surface area contributed by atoms with Gasteiger partial charge in [-0.05, 0) is 35.4 Å². The SMILES string of the molecule is CC(C)[C@H](CNC(=O)Cc1ccoc1)Cc1ccccc1. The first-order valence-electron chi connectivity index (χ1n) is 7.47. The van der Waals surface area contributed by atoms with Crippen molar-refractivity contribution in [3.63, 3.8) is 0 Å². The van der Waals surface area contributed by atoms with Crippen molar-refractivity contribution in [1.29, 1.82) is 0 Å². The van der Waals surface area contributed by atoms with Gasteiger partial charge in [0.2, 0.25) is 5.91 Å². The monoisotopic (exact) mass is 285 g/mol. The second kappa shape index (κ2) is 7.67. The van der Waals surface area contributed by atoms with Crippen molar-refractivity contribution in [3.8, 4) is 0 Å². The number of amides is 1. The Kier molecular flexibility index (Phi) is 5.61. The van der Waals surface area contributed by atoms with E-state index in [0.717, 1.165) is 12.0 Å². The minimum absolute atomic E-state index is 0.0510. The van der Waals surface area contributed by atoms with Gasteiger partial charge >= 0.3 is 0 Å². The summed E-state index contributed by atoms with van der Waals surface area (Å²) in [5.41, 5.74) is 2.23. The Morgan fingerprint density at radius 2 is 1.90 bits per heavy atom. The fourth-order valence-electron chi connectivity index (χ4n) is 2.35. The molecule has 1 heterocycles. The number of carbonyl (C=O) groups excluding carboxylic acids is 1. The molecule has 0 radical (unpaired) electrons. The summed E-state index contributed by atoms with van der Waals surface area (Å²) < 4.78 is 4.98. The number of benzene rings is 1. The lowest BCUT2D eigenvalue weighted by atomic mass is 9.89. The third-order valence-electron chi connectivity index (χ3n) is 3.79. The van der Waals surface area contributed by atoms with E-state index in [4.69, 9.17) is 4.42 Å². The highest BCUT2D eigenvalue weighted by Crippen LogP contribution is 2.16. The molecule has 0 unspecified atom stereocenters. The van der Waals surface area contributed by atoms with Gasteiger partial charge in [-0.2, -0.15) is 0 Å². The van der Waals surface area contributed by atoms with Crippen molar-refractivity contribution in [2.75, 3.05) is 6.54 Å². The Bertz CT molecular complexity index is 532. The van der Waals surface area contributed by atoms with Gasteiger partial charge in [0.1, 0.15) is 0 Å². The number of hydrogen-bond donors (Lipinski definition) is 1. The van der Waals surface area contributed by atoms with Gasteiger partial charge in [0.15, 0.2) is 0 Å². The molecule has 2 rings (SSSR count). The Morgan fingerprint density at radius 1 is 1.14 bits per heavy atom. The summed E-state index contributed by atoms with van der Waals surface area (Å²) >= 11 is 0. The predicted molar refractivity (Wildman–Crippen MR) is 83.9 cm³/mol. The first-order valence-corrected chi connectivity index (χ1v) is 7.47. The van der Waals surface area contributed by atoms with Crippen LogP contribution in [0.4, 0.5) is 0 Å². The van der Waals surface area contributed by atoms with E-state index in [1.54, 1.807) is 12.5 Å². The fraction of sp³-hybridized carbons (Fsp3) is 0.389. The number of furan rings is 1. The van der Waals surface area contributed by atoms with Crippen LogP contribution in [0.3, 0.4) is 0 Å². The lowest BCUT2D eigenvalue weighted by molar-refractivity contribution is -0.120. The molecule has 0 aliphatic rings. The molecule has 1 aromatic carbocycles. The number of rotatable bonds is 7. The van der Waals surface area contributed by atoms with Crippen LogP contribution >= 0.6 is 0 Å². The van der Waals surface area contributed by atoms with Crippen LogP contribution in [0.15, 0.2) is 53.3 Å². The van der Waals surface area contributed by atoms with Crippen LogP contribution in [0, 0.1) is 11.8 Å². The number of carbonyl (C=O) groups is 1. The van der Waals surface area contributed by atoms with E-state index in [2.05, 4.69) is 43.4 Å². The maximum absolute atomic E-state index is 11.9. The minimum Gasteiger partial charge on any atom is -0.472 e. The molecule has 3 nitrogen and oxygen atoms in total. The molecule has 3 heteroatoms. The van der Waals surface area contributed by atoms with Gasteiger partial charge < -0.3 is 9.73 Å². The van der Waals surface area contributed by atoms with Crippen molar-refractivity contribution in [1.82, 2.24) is 5.32 Å². The predicted octanol–water partition coefficient (Wildman–Crippen LogP) is 3.45. The van der Waals surface area contributed by atoms with Crippen LogP contribution < -0.4 is 5.32 Å². The van der Waals surface area contributed by atoms with Crippen LogP contribution in [0.5, 0.6) is 0 Å². The molecule has 21 heavy (non-hydrogen) atoms. The van der Waals surface area contributed by atoms with Gasteiger partial charge in [0, 0.05) is 6.54 Å². The number of nitrogens with one attached hydrogen (secondary N) is 1. The van der Waals surface area contributed by atoms with E-state index in [0.29, 0.717) is 24.8 Å². The van der Waals surface area contributed by atoms with Crippen LogP contribution in [0.2, 0.25) is 0 Å². The summed E-state index contributed by atoms with van der Waals surface area (Å²) in [4.78, 5) is 11.9. The van der Waals surface area contributed by atoms with Crippen molar-refractivity contribution >= 4 is 5.91 Å². The summed E-state index contributed by atoms with van der Waals surface area (Å²) in [5.74, 6) is 1.02. The average Bonchev–Trinajstić information content (AvgIpc) is 2.97. The molecule has 0 saturated heterocycles. The Balaban J connectivity index is 1.84. The lowest BCUT2D eigenvalue weighted by Crippen LogP contribution is -2.33. The van der Waals surface area contributed by atoms with Crippen molar-refractivity contribution < 1.29 is 9.21 Å². The highest BCUT2D eigenvalue weighted by atomic mass is 16.3. The summed E-state index contributed by atoms with van der Waals surface area (Å²) in [6, 6.07) is 12.3. The van der Waals surface area contributed by atoms with E-state index in [9.17, 15) is 4.79 Å². The Morgan fingerprint density at radius 3 is 2.52 bits per heavy atom. The zero-order valence-electron chi connectivity index (χ0n) is 12.7. The third kappa shape index (κ3) is 5.10. The Hall–Kier alpha value is -2.03. The quantitative estimate of drug-likeness (QED) is 0.846. The van der Waals surface area contributed by atoms with Gasteiger partial charge in [0.25, 0.3) is 0 Å². The standard InChI is InChI=1S/C18H23NO2/c1-14(2)17(10-15-6-4-3-5-7-15)12-19-18(20)11-16-8-9-21-13-16/h3-9,13-14,17H,10-12H2,1-2H3,(H,19,20)/t17-/m0/s1.